The van der Waals surface area contributed by atoms with Crippen LogP contribution < -0.4 is 10.6 Å². The summed E-state index contributed by atoms with van der Waals surface area (Å²) in [6.07, 6.45) is 4.94. The van der Waals surface area contributed by atoms with Gasteiger partial charge in [0.2, 0.25) is 0 Å². The highest BCUT2D eigenvalue weighted by atomic mass is 16.6. The minimum Gasteiger partial charge on any atom is -0.444 e. The Balaban J connectivity index is 2.27. The predicted octanol–water partition coefficient (Wildman–Crippen LogP) is 2.84. The average Bonchev–Trinajstić information content (AvgIpc) is 2.38. The van der Waals surface area contributed by atoms with Crippen LogP contribution in [0.1, 0.15) is 59.8 Å². The Hall–Kier alpha value is -0.810. The summed E-state index contributed by atoms with van der Waals surface area (Å²) in [7, 11) is 1.74. The van der Waals surface area contributed by atoms with Gasteiger partial charge < -0.3 is 20.1 Å². The van der Waals surface area contributed by atoms with E-state index < -0.39 is 5.60 Å². The second-order valence-electron chi connectivity index (χ2n) is 6.92. The van der Waals surface area contributed by atoms with Crippen molar-refractivity contribution in [2.24, 2.45) is 0 Å². The SMILES string of the molecule is CCC(COC)NC1CCC(NC(=O)OC(C)(C)C)CC1. The standard InChI is InChI=1S/C16H32N2O3/c1-6-12(11-20-5)17-13-7-9-14(10-8-13)18-15(19)21-16(2,3)4/h12-14,17H,6-11H2,1-5H3,(H,18,19). The Morgan fingerprint density at radius 1 is 1.19 bits per heavy atom. The minimum atomic E-state index is -0.433. The summed E-state index contributed by atoms with van der Waals surface area (Å²) in [5.74, 6) is 0. The highest BCUT2D eigenvalue weighted by Crippen LogP contribution is 2.20. The first-order chi connectivity index (χ1) is 9.84. The van der Waals surface area contributed by atoms with E-state index in [0.29, 0.717) is 12.1 Å². The first-order valence-electron chi connectivity index (χ1n) is 8.08. The van der Waals surface area contributed by atoms with E-state index in [4.69, 9.17) is 9.47 Å². The first-order valence-corrected chi connectivity index (χ1v) is 8.08. The highest BCUT2D eigenvalue weighted by Gasteiger charge is 2.25. The van der Waals surface area contributed by atoms with Gasteiger partial charge in [0.1, 0.15) is 5.60 Å². The quantitative estimate of drug-likeness (QED) is 0.792. The Morgan fingerprint density at radius 3 is 2.24 bits per heavy atom. The van der Waals surface area contributed by atoms with Gasteiger partial charge in [-0.05, 0) is 52.9 Å². The van der Waals surface area contributed by atoms with Crippen molar-refractivity contribution < 1.29 is 14.3 Å². The predicted molar refractivity (Wildman–Crippen MR) is 84.5 cm³/mol. The molecule has 0 radical (unpaired) electrons. The van der Waals surface area contributed by atoms with Crippen molar-refractivity contribution in [2.75, 3.05) is 13.7 Å². The number of hydrogen-bond acceptors (Lipinski definition) is 4. The van der Waals surface area contributed by atoms with E-state index in [-0.39, 0.29) is 12.1 Å². The number of rotatable bonds is 6. The van der Waals surface area contributed by atoms with Crippen LogP contribution in [0.4, 0.5) is 4.79 Å². The van der Waals surface area contributed by atoms with Crippen LogP contribution in [0.15, 0.2) is 0 Å². The van der Waals surface area contributed by atoms with Crippen LogP contribution in [0, 0.1) is 0 Å². The third kappa shape index (κ3) is 7.67. The molecular weight excluding hydrogens is 268 g/mol. The van der Waals surface area contributed by atoms with Crippen LogP contribution in [0.2, 0.25) is 0 Å². The maximum atomic E-state index is 11.8. The molecule has 1 saturated carbocycles. The fourth-order valence-corrected chi connectivity index (χ4v) is 2.70. The Morgan fingerprint density at radius 2 is 1.76 bits per heavy atom. The van der Waals surface area contributed by atoms with Crippen molar-refractivity contribution in [3.8, 4) is 0 Å². The number of methoxy groups -OCH3 is 1. The van der Waals surface area contributed by atoms with E-state index >= 15 is 0 Å². The van der Waals surface area contributed by atoms with Gasteiger partial charge in [-0.2, -0.15) is 0 Å². The zero-order valence-electron chi connectivity index (χ0n) is 14.2. The van der Waals surface area contributed by atoms with E-state index in [2.05, 4.69) is 17.6 Å². The van der Waals surface area contributed by atoms with Crippen molar-refractivity contribution in [1.29, 1.82) is 0 Å². The van der Waals surface area contributed by atoms with Gasteiger partial charge in [0.15, 0.2) is 0 Å². The molecule has 0 spiro atoms. The molecule has 1 fully saturated rings. The number of carbonyl (C=O) groups excluding carboxylic acids is 1. The van der Waals surface area contributed by atoms with Gasteiger partial charge in [0.05, 0.1) is 6.61 Å². The molecule has 1 aliphatic carbocycles. The minimum absolute atomic E-state index is 0.236. The molecule has 2 N–H and O–H groups in total. The van der Waals surface area contributed by atoms with Crippen LogP contribution in [0.25, 0.3) is 0 Å². The van der Waals surface area contributed by atoms with Crippen LogP contribution in [-0.2, 0) is 9.47 Å². The highest BCUT2D eigenvalue weighted by molar-refractivity contribution is 5.68. The topological polar surface area (TPSA) is 59.6 Å². The summed E-state index contributed by atoms with van der Waals surface area (Å²) in [5, 5.41) is 6.62. The fraction of sp³-hybridized carbons (Fsp3) is 0.938. The summed E-state index contributed by atoms with van der Waals surface area (Å²) < 4.78 is 10.5. The van der Waals surface area contributed by atoms with Crippen molar-refractivity contribution in [3.05, 3.63) is 0 Å². The van der Waals surface area contributed by atoms with Crippen molar-refractivity contribution >= 4 is 6.09 Å². The van der Waals surface area contributed by atoms with Crippen LogP contribution >= 0.6 is 0 Å². The fourth-order valence-electron chi connectivity index (χ4n) is 2.70. The lowest BCUT2D eigenvalue weighted by Gasteiger charge is -2.32. The lowest BCUT2D eigenvalue weighted by Crippen LogP contribution is -2.47. The maximum Gasteiger partial charge on any atom is 0.407 e. The Labute approximate surface area is 129 Å². The molecule has 5 heteroatoms. The molecule has 5 nitrogen and oxygen atoms in total. The van der Waals surface area contributed by atoms with Gasteiger partial charge in [-0.3, -0.25) is 0 Å². The molecular formula is C16H32N2O3. The van der Waals surface area contributed by atoms with E-state index in [1.54, 1.807) is 7.11 Å². The molecule has 0 aliphatic heterocycles. The van der Waals surface area contributed by atoms with E-state index in [0.717, 1.165) is 38.7 Å². The van der Waals surface area contributed by atoms with Gasteiger partial charge in [-0.1, -0.05) is 6.92 Å². The van der Waals surface area contributed by atoms with Crippen molar-refractivity contribution in [3.63, 3.8) is 0 Å². The molecule has 1 atom stereocenters. The van der Waals surface area contributed by atoms with E-state index in [9.17, 15) is 4.79 Å². The zero-order valence-corrected chi connectivity index (χ0v) is 14.2. The first kappa shape index (κ1) is 18.2. The molecule has 1 aliphatic rings. The second-order valence-corrected chi connectivity index (χ2v) is 6.92. The zero-order chi connectivity index (χ0) is 15.9. The molecule has 0 aromatic carbocycles. The Kier molecular flexibility index (Phi) is 7.46. The normalized spacial score (nSPS) is 24.4. The van der Waals surface area contributed by atoms with E-state index in [1.807, 2.05) is 20.8 Å². The molecule has 0 bridgehead atoms. The molecule has 1 amide bonds. The average molecular weight is 300 g/mol. The molecule has 124 valence electrons. The number of ether oxygens (including phenoxy) is 2. The van der Waals surface area contributed by atoms with Gasteiger partial charge >= 0.3 is 6.09 Å². The lowest BCUT2D eigenvalue weighted by molar-refractivity contribution is 0.0488. The van der Waals surface area contributed by atoms with Crippen LogP contribution in [-0.4, -0.2) is 43.5 Å². The van der Waals surface area contributed by atoms with Gasteiger partial charge in [-0.15, -0.1) is 0 Å². The lowest BCUT2D eigenvalue weighted by atomic mass is 9.90. The number of amides is 1. The third-order valence-electron chi connectivity index (χ3n) is 3.78. The molecule has 1 unspecified atom stereocenters. The summed E-state index contributed by atoms with van der Waals surface area (Å²) in [6.45, 7) is 8.58. The molecule has 0 aromatic rings. The van der Waals surface area contributed by atoms with Gasteiger partial charge in [-0.25, -0.2) is 4.79 Å². The van der Waals surface area contributed by atoms with Gasteiger partial charge in [0, 0.05) is 25.2 Å². The van der Waals surface area contributed by atoms with Crippen LogP contribution in [0.3, 0.4) is 0 Å². The summed E-state index contributed by atoms with van der Waals surface area (Å²) in [4.78, 5) is 11.8. The monoisotopic (exact) mass is 300 g/mol. The third-order valence-corrected chi connectivity index (χ3v) is 3.78. The summed E-state index contributed by atoms with van der Waals surface area (Å²) in [6, 6.07) is 1.19. The van der Waals surface area contributed by atoms with Crippen molar-refractivity contribution in [1.82, 2.24) is 10.6 Å². The smallest absolute Gasteiger partial charge is 0.407 e. The van der Waals surface area contributed by atoms with Crippen LogP contribution in [0.5, 0.6) is 0 Å². The number of hydrogen-bond donors (Lipinski definition) is 2. The number of alkyl carbamates (subject to hydrolysis) is 1. The van der Waals surface area contributed by atoms with Crippen molar-refractivity contribution in [2.45, 2.75) is 83.5 Å². The second kappa shape index (κ2) is 8.59. The molecule has 21 heavy (non-hydrogen) atoms. The summed E-state index contributed by atoms with van der Waals surface area (Å²) >= 11 is 0. The number of nitrogens with one attached hydrogen (secondary N) is 2. The van der Waals surface area contributed by atoms with Gasteiger partial charge in [0.25, 0.3) is 0 Å². The summed E-state index contributed by atoms with van der Waals surface area (Å²) in [5.41, 5.74) is -0.433. The molecule has 0 heterocycles. The molecule has 0 aromatic heterocycles. The molecule has 1 rings (SSSR count). The van der Waals surface area contributed by atoms with E-state index in [1.165, 1.54) is 0 Å². The number of carbonyl (C=O) groups is 1. The maximum absolute atomic E-state index is 11.8. The molecule has 0 saturated heterocycles. The largest absolute Gasteiger partial charge is 0.444 e. The Bertz CT molecular complexity index is 307.